The first-order chi connectivity index (χ1) is 11.5. The van der Waals surface area contributed by atoms with E-state index in [4.69, 9.17) is 5.26 Å². The monoisotopic (exact) mass is 327 g/mol. The molecule has 0 saturated carbocycles. The third-order valence-electron chi connectivity index (χ3n) is 3.55. The molecule has 1 amide bonds. The number of carbonyl (C=O) groups excluding carboxylic acids is 1. The maximum absolute atomic E-state index is 12.0. The smallest absolute Gasteiger partial charge is 0.306 e. The zero-order valence-corrected chi connectivity index (χ0v) is 13.2. The van der Waals surface area contributed by atoms with Crippen molar-refractivity contribution in [2.24, 2.45) is 0 Å². The number of aryl methyl sites for hydroxylation is 1. The Balaban J connectivity index is 1.82. The molecule has 0 aliphatic rings. The number of rotatable bonds is 7. The number of amides is 1. The Hall–Kier alpha value is -3.21. The molecule has 2 aromatic rings. The van der Waals surface area contributed by atoms with E-state index < -0.39 is 4.92 Å². The average molecular weight is 327 g/mol. The summed E-state index contributed by atoms with van der Waals surface area (Å²) in [6.07, 6.45) is 3.30. The van der Waals surface area contributed by atoms with Crippen LogP contribution in [0.2, 0.25) is 0 Å². The number of nitriles is 1. The van der Waals surface area contributed by atoms with Gasteiger partial charge < -0.3 is 5.32 Å². The number of nitro groups is 1. The first kappa shape index (κ1) is 17.1. The highest BCUT2D eigenvalue weighted by Gasteiger charge is 2.13. The van der Waals surface area contributed by atoms with Crippen LogP contribution in [0, 0.1) is 21.4 Å². The van der Waals surface area contributed by atoms with E-state index in [0.717, 1.165) is 5.56 Å². The summed E-state index contributed by atoms with van der Waals surface area (Å²) in [6.45, 7) is 2.25. The predicted octanol–water partition coefficient (Wildman–Crippen LogP) is 2.32. The van der Waals surface area contributed by atoms with Gasteiger partial charge in [-0.05, 0) is 25.0 Å². The number of aromatic nitrogens is 2. The fraction of sp³-hybridized carbons (Fsp3) is 0.312. The maximum Gasteiger partial charge on any atom is 0.306 e. The Kier molecular flexibility index (Phi) is 5.63. The molecular formula is C16H17N5O3. The molecule has 1 heterocycles. The Bertz CT molecular complexity index is 778. The van der Waals surface area contributed by atoms with Crippen LogP contribution >= 0.6 is 0 Å². The molecule has 0 radical (unpaired) electrons. The molecule has 8 nitrogen and oxygen atoms in total. The summed E-state index contributed by atoms with van der Waals surface area (Å²) in [7, 11) is 0. The third-order valence-corrected chi connectivity index (χ3v) is 3.55. The van der Waals surface area contributed by atoms with E-state index in [0.29, 0.717) is 18.5 Å². The number of benzene rings is 1. The van der Waals surface area contributed by atoms with Gasteiger partial charge in [0.2, 0.25) is 5.91 Å². The van der Waals surface area contributed by atoms with Crippen molar-refractivity contribution in [1.29, 1.82) is 5.26 Å². The number of hydrogen-bond acceptors (Lipinski definition) is 5. The lowest BCUT2D eigenvalue weighted by atomic mass is 10.0. The highest BCUT2D eigenvalue weighted by molar-refractivity contribution is 5.76. The van der Waals surface area contributed by atoms with E-state index >= 15 is 0 Å². The molecular weight excluding hydrogens is 310 g/mol. The maximum atomic E-state index is 12.0. The Morgan fingerprint density at radius 2 is 2.25 bits per heavy atom. The summed E-state index contributed by atoms with van der Waals surface area (Å²) >= 11 is 0. The summed E-state index contributed by atoms with van der Waals surface area (Å²) in [5.74, 6) is -0.142. The van der Waals surface area contributed by atoms with E-state index in [1.54, 1.807) is 12.1 Å². The second-order valence-corrected chi connectivity index (χ2v) is 5.31. The van der Waals surface area contributed by atoms with Crippen LogP contribution in [0.4, 0.5) is 5.69 Å². The summed E-state index contributed by atoms with van der Waals surface area (Å²) in [5, 5.41) is 26.4. The zero-order valence-electron chi connectivity index (χ0n) is 13.2. The van der Waals surface area contributed by atoms with Crippen molar-refractivity contribution in [3.8, 4) is 6.07 Å². The molecule has 0 bridgehead atoms. The van der Waals surface area contributed by atoms with Gasteiger partial charge in [0, 0.05) is 13.0 Å². The van der Waals surface area contributed by atoms with Gasteiger partial charge in [-0.25, -0.2) is 0 Å². The van der Waals surface area contributed by atoms with Gasteiger partial charge >= 0.3 is 5.69 Å². The minimum absolute atomic E-state index is 0.0683. The highest BCUT2D eigenvalue weighted by Crippen LogP contribution is 2.17. The van der Waals surface area contributed by atoms with Crippen LogP contribution in [0.1, 0.15) is 36.9 Å². The van der Waals surface area contributed by atoms with Crippen LogP contribution in [-0.4, -0.2) is 20.6 Å². The van der Waals surface area contributed by atoms with Crippen LogP contribution < -0.4 is 5.32 Å². The van der Waals surface area contributed by atoms with Gasteiger partial charge in [0.1, 0.15) is 12.4 Å². The topological polar surface area (TPSA) is 114 Å². The predicted molar refractivity (Wildman–Crippen MR) is 85.8 cm³/mol. The molecule has 0 fully saturated rings. The number of hydrogen-bond donors (Lipinski definition) is 1. The number of nitrogens with zero attached hydrogens (tertiary/aromatic N) is 4. The average Bonchev–Trinajstić information content (AvgIpc) is 3.04. The van der Waals surface area contributed by atoms with E-state index in [9.17, 15) is 14.9 Å². The Labute approximate surface area is 138 Å². The van der Waals surface area contributed by atoms with Crippen LogP contribution in [-0.2, 0) is 11.3 Å². The summed E-state index contributed by atoms with van der Waals surface area (Å²) in [4.78, 5) is 22.1. The van der Waals surface area contributed by atoms with E-state index in [2.05, 4.69) is 16.5 Å². The molecule has 1 unspecified atom stereocenters. The van der Waals surface area contributed by atoms with Gasteiger partial charge in [-0.2, -0.15) is 10.4 Å². The molecule has 2 rings (SSSR count). The van der Waals surface area contributed by atoms with Crippen molar-refractivity contribution in [3.05, 3.63) is 57.9 Å². The quantitative estimate of drug-likeness (QED) is 0.619. The number of carbonyl (C=O) groups is 1. The molecule has 0 spiro atoms. The van der Waals surface area contributed by atoms with Gasteiger partial charge in [-0.3, -0.25) is 19.6 Å². The third kappa shape index (κ3) is 4.39. The van der Waals surface area contributed by atoms with Gasteiger partial charge in [0.15, 0.2) is 0 Å². The lowest BCUT2D eigenvalue weighted by Crippen LogP contribution is -2.27. The Morgan fingerprint density at radius 1 is 1.50 bits per heavy atom. The first-order valence-corrected chi connectivity index (χ1v) is 7.46. The molecule has 0 saturated heterocycles. The van der Waals surface area contributed by atoms with Crippen molar-refractivity contribution in [2.45, 2.75) is 32.4 Å². The first-order valence-electron chi connectivity index (χ1n) is 7.46. The highest BCUT2D eigenvalue weighted by atomic mass is 16.6. The molecule has 1 atom stereocenters. The van der Waals surface area contributed by atoms with E-state index in [1.807, 2.05) is 19.1 Å². The lowest BCUT2D eigenvalue weighted by Gasteiger charge is -2.15. The minimum atomic E-state index is -0.509. The van der Waals surface area contributed by atoms with Gasteiger partial charge in [0.05, 0.1) is 22.6 Å². The van der Waals surface area contributed by atoms with E-state index in [-0.39, 0.29) is 24.1 Å². The molecule has 0 aliphatic carbocycles. The van der Waals surface area contributed by atoms with Crippen LogP contribution in [0.25, 0.3) is 0 Å². The SMILES string of the molecule is CC(NC(=O)CCCn1cc([N+](=O)[O-])cn1)c1ccccc1C#N. The van der Waals surface area contributed by atoms with Crippen LogP contribution in [0.5, 0.6) is 0 Å². The van der Waals surface area contributed by atoms with Crippen molar-refractivity contribution in [1.82, 2.24) is 15.1 Å². The number of nitrogens with one attached hydrogen (secondary N) is 1. The van der Waals surface area contributed by atoms with Gasteiger partial charge in [-0.15, -0.1) is 0 Å². The van der Waals surface area contributed by atoms with E-state index in [1.165, 1.54) is 17.1 Å². The minimum Gasteiger partial charge on any atom is -0.350 e. The second kappa shape index (κ2) is 7.87. The van der Waals surface area contributed by atoms with Crippen LogP contribution in [0.15, 0.2) is 36.7 Å². The van der Waals surface area contributed by atoms with Crippen molar-refractivity contribution in [2.75, 3.05) is 0 Å². The standard InChI is InChI=1S/C16H17N5O3/c1-12(15-6-3-2-5-13(15)9-17)19-16(22)7-4-8-20-11-14(10-18-20)21(23)24/h2-3,5-6,10-12H,4,7-8H2,1H3,(H,19,22). The molecule has 0 aliphatic heterocycles. The fourth-order valence-electron chi connectivity index (χ4n) is 2.34. The van der Waals surface area contributed by atoms with Crippen LogP contribution in [0.3, 0.4) is 0 Å². The van der Waals surface area contributed by atoms with Crippen molar-refractivity contribution < 1.29 is 9.72 Å². The fourth-order valence-corrected chi connectivity index (χ4v) is 2.34. The summed E-state index contributed by atoms with van der Waals surface area (Å²) < 4.78 is 1.44. The molecule has 124 valence electrons. The second-order valence-electron chi connectivity index (χ2n) is 5.31. The molecule has 1 N–H and O–H groups in total. The summed E-state index contributed by atoms with van der Waals surface area (Å²) in [6, 6.07) is 8.97. The Morgan fingerprint density at radius 3 is 2.92 bits per heavy atom. The zero-order chi connectivity index (χ0) is 17.5. The van der Waals surface area contributed by atoms with Crippen molar-refractivity contribution >= 4 is 11.6 Å². The summed E-state index contributed by atoms with van der Waals surface area (Å²) in [5.41, 5.74) is 1.24. The molecule has 24 heavy (non-hydrogen) atoms. The van der Waals surface area contributed by atoms with Gasteiger partial charge in [0.25, 0.3) is 0 Å². The lowest BCUT2D eigenvalue weighted by molar-refractivity contribution is -0.385. The molecule has 8 heteroatoms. The molecule has 1 aromatic carbocycles. The van der Waals surface area contributed by atoms with Crippen molar-refractivity contribution in [3.63, 3.8) is 0 Å². The normalized spacial score (nSPS) is 11.5. The molecule has 1 aromatic heterocycles. The largest absolute Gasteiger partial charge is 0.350 e. The van der Waals surface area contributed by atoms with Gasteiger partial charge in [-0.1, -0.05) is 18.2 Å².